The lowest BCUT2D eigenvalue weighted by Gasteiger charge is -2.18. The molecule has 132 valence electrons. The largest absolute Gasteiger partial charge is 0.338 e. The highest BCUT2D eigenvalue weighted by Gasteiger charge is 2.15. The summed E-state index contributed by atoms with van der Waals surface area (Å²) in [6.45, 7) is 11.5. The number of aromatic nitrogens is 5. The Morgan fingerprint density at radius 1 is 1.12 bits per heavy atom. The summed E-state index contributed by atoms with van der Waals surface area (Å²) in [4.78, 5) is 4.49. The van der Waals surface area contributed by atoms with Gasteiger partial charge in [0.05, 0.1) is 5.75 Å². The molecule has 1 aromatic carbocycles. The van der Waals surface area contributed by atoms with Crippen LogP contribution in [0.2, 0.25) is 0 Å². The van der Waals surface area contributed by atoms with Crippen LogP contribution in [-0.4, -0.2) is 24.9 Å². The second-order valence-corrected chi connectivity index (χ2v) is 7.84. The topological polar surface area (TPSA) is 69.6 Å². The third-order valence-corrected chi connectivity index (χ3v) is 4.97. The molecule has 0 saturated carbocycles. The number of hydrogen-bond acceptors (Lipinski definition) is 6. The van der Waals surface area contributed by atoms with Crippen molar-refractivity contribution in [2.75, 3.05) is 0 Å². The first-order valence-electron chi connectivity index (χ1n) is 8.34. The third-order valence-electron chi connectivity index (χ3n) is 4.02. The van der Waals surface area contributed by atoms with Gasteiger partial charge in [-0.15, -0.1) is 10.2 Å². The maximum Gasteiger partial charge on any atom is 0.237 e. The van der Waals surface area contributed by atoms with Crippen LogP contribution in [0.1, 0.15) is 45.0 Å². The zero-order valence-corrected chi connectivity index (χ0v) is 16.1. The van der Waals surface area contributed by atoms with E-state index < -0.39 is 0 Å². The molecule has 0 aliphatic rings. The van der Waals surface area contributed by atoms with E-state index in [1.54, 1.807) is 11.8 Å². The minimum atomic E-state index is 0.130. The van der Waals surface area contributed by atoms with Crippen LogP contribution in [0.5, 0.6) is 0 Å². The fourth-order valence-electron chi connectivity index (χ4n) is 2.51. The van der Waals surface area contributed by atoms with Gasteiger partial charge in [-0.2, -0.15) is 4.98 Å². The van der Waals surface area contributed by atoms with Crippen molar-refractivity contribution in [2.45, 2.75) is 57.5 Å². The first-order valence-corrected chi connectivity index (χ1v) is 9.33. The molecule has 3 rings (SSSR count). The summed E-state index contributed by atoms with van der Waals surface area (Å²) >= 11 is 1.55. The van der Waals surface area contributed by atoms with Gasteiger partial charge in [0.25, 0.3) is 0 Å². The van der Waals surface area contributed by atoms with Crippen molar-refractivity contribution in [3.8, 4) is 11.4 Å². The summed E-state index contributed by atoms with van der Waals surface area (Å²) in [6, 6.07) is 8.32. The van der Waals surface area contributed by atoms with Crippen LogP contribution in [0, 0.1) is 6.92 Å². The van der Waals surface area contributed by atoms with E-state index in [0.29, 0.717) is 17.5 Å². The predicted octanol–water partition coefficient (Wildman–Crippen LogP) is 4.25. The van der Waals surface area contributed by atoms with E-state index in [2.05, 4.69) is 64.7 Å². The van der Waals surface area contributed by atoms with Crippen molar-refractivity contribution in [3.05, 3.63) is 41.5 Å². The summed E-state index contributed by atoms with van der Waals surface area (Å²) in [5.41, 5.74) is 2.37. The Kier molecular flexibility index (Phi) is 4.94. The molecule has 0 spiro atoms. The first kappa shape index (κ1) is 17.7. The monoisotopic (exact) mass is 357 g/mol. The second kappa shape index (κ2) is 7.00. The Morgan fingerprint density at radius 2 is 1.84 bits per heavy atom. The number of hydrogen-bond donors (Lipinski definition) is 0. The molecule has 2 heterocycles. The number of rotatable bonds is 5. The number of aryl methyl sites for hydroxylation is 1. The van der Waals surface area contributed by atoms with Gasteiger partial charge in [0.1, 0.15) is 5.82 Å². The van der Waals surface area contributed by atoms with E-state index in [4.69, 9.17) is 4.52 Å². The first-order chi connectivity index (χ1) is 11.9. The fourth-order valence-corrected chi connectivity index (χ4v) is 3.39. The zero-order valence-electron chi connectivity index (χ0n) is 15.3. The normalized spacial score (nSPS) is 11.9. The molecule has 0 atom stereocenters. The van der Waals surface area contributed by atoms with E-state index in [1.165, 1.54) is 5.56 Å². The Hall–Kier alpha value is -2.15. The second-order valence-electron chi connectivity index (χ2n) is 6.90. The third kappa shape index (κ3) is 3.92. The molecule has 3 aromatic rings. The highest BCUT2D eigenvalue weighted by molar-refractivity contribution is 7.98. The Balaban J connectivity index is 1.70. The number of thioether (sulfide) groups is 1. The van der Waals surface area contributed by atoms with Crippen LogP contribution in [0.25, 0.3) is 11.4 Å². The van der Waals surface area contributed by atoms with Gasteiger partial charge in [-0.05, 0) is 24.8 Å². The average molecular weight is 357 g/mol. The van der Waals surface area contributed by atoms with Crippen molar-refractivity contribution >= 4 is 11.8 Å². The van der Waals surface area contributed by atoms with Crippen LogP contribution in [-0.2, 0) is 17.7 Å². The quantitative estimate of drug-likeness (QED) is 0.636. The average Bonchev–Trinajstić information content (AvgIpc) is 3.18. The van der Waals surface area contributed by atoms with Crippen molar-refractivity contribution in [1.82, 2.24) is 24.9 Å². The van der Waals surface area contributed by atoms with Gasteiger partial charge in [-0.3, -0.25) is 0 Å². The van der Waals surface area contributed by atoms with E-state index in [0.717, 1.165) is 23.1 Å². The number of benzene rings is 1. The summed E-state index contributed by atoms with van der Waals surface area (Å²) in [5.74, 6) is 2.69. The predicted molar refractivity (Wildman–Crippen MR) is 98.4 cm³/mol. The molecule has 0 N–H and O–H groups in total. The lowest BCUT2D eigenvalue weighted by molar-refractivity contribution is 0.391. The molecular weight excluding hydrogens is 334 g/mol. The summed E-state index contributed by atoms with van der Waals surface area (Å²) in [5, 5.41) is 13.3. The molecular formula is C18H23N5OS. The zero-order chi connectivity index (χ0) is 18.0. The van der Waals surface area contributed by atoms with E-state index in [-0.39, 0.29) is 5.41 Å². The van der Waals surface area contributed by atoms with Crippen LogP contribution in [0.3, 0.4) is 0 Å². The van der Waals surface area contributed by atoms with Crippen LogP contribution in [0.4, 0.5) is 0 Å². The smallest absolute Gasteiger partial charge is 0.237 e. The van der Waals surface area contributed by atoms with Gasteiger partial charge in [0.2, 0.25) is 11.7 Å². The van der Waals surface area contributed by atoms with Gasteiger partial charge in [0.15, 0.2) is 5.16 Å². The van der Waals surface area contributed by atoms with Crippen molar-refractivity contribution in [1.29, 1.82) is 0 Å². The Bertz CT molecular complexity index is 845. The molecule has 2 aromatic heterocycles. The fraction of sp³-hybridized carbons (Fsp3) is 0.444. The molecule has 0 fully saturated rings. The molecule has 0 radical (unpaired) electrons. The van der Waals surface area contributed by atoms with Gasteiger partial charge in [-0.1, -0.05) is 62.0 Å². The van der Waals surface area contributed by atoms with Gasteiger partial charge in [-0.25, -0.2) is 0 Å². The molecule has 0 bridgehead atoms. The summed E-state index contributed by atoms with van der Waals surface area (Å²) < 4.78 is 7.44. The maximum atomic E-state index is 5.38. The number of nitrogens with zero attached hydrogens (tertiary/aromatic N) is 5. The molecule has 0 aliphatic heterocycles. The van der Waals surface area contributed by atoms with Crippen LogP contribution < -0.4 is 0 Å². The Labute approximate surface area is 152 Å². The lowest BCUT2D eigenvalue weighted by Crippen LogP contribution is -2.10. The highest BCUT2D eigenvalue weighted by Crippen LogP contribution is 2.26. The minimum Gasteiger partial charge on any atom is -0.338 e. The van der Waals surface area contributed by atoms with E-state index >= 15 is 0 Å². The van der Waals surface area contributed by atoms with Gasteiger partial charge >= 0.3 is 0 Å². The minimum absolute atomic E-state index is 0.130. The van der Waals surface area contributed by atoms with Crippen molar-refractivity contribution in [2.24, 2.45) is 0 Å². The summed E-state index contributed by atoms with van der Waals surface area (Å²) in [7, 11) is 0. The molecule has 0 amide bonds. The van der Waals surface area contributed by atoms with E-state index in [1.807, 2.05) is 19.1 Å². The molecule has 0 unspecified atom stereocenters. The SMILES string of the molecule is CCn1c(C)nnc1SCc1nc(-c2ccc(C(C)(C)C)cc2)no1. The molecule has 6 nitrogen and oxygen atoms in total. The van der Waals surface area contributed by atoms with Gasteiger partial charge < -0.3 is 9.09 Å². The van der Waals surface area contributed by atoms with Crippen LogP contribution >= 0.6 is 11.8 Å². The van der Waals surface area contributed by atoms with Crippen molar-refractivity contribution in [3.63, 3.8) is 0 Å². The molecule has 25 heavy (non-hydrogen) atoms. The summed E-state index contributed by atoms with van der Waals surface area (Å²) in [6.07, 6.45) is 0. The van der Waals surface area contributed by atoms with Gasteiger partial charge in [0, 0.05) is 12.1 Å². The van der Waals surface area contributed by atoms with Crippen LogP contribution in [0.15, 0.2) is 33.9 Å². The molecule has 0 aliphatic carbocycles. The lowest BCUT2D eigenvalue weighted by atomic mass is 9.87. The molecule has 7 heteroatoms. The molecule has 0 saturated heterocycles. The van der Waals surface area contributed by atoms with E-state index in [9.17, 15) is 0 Å². The highest BCUT2D eigenvalue weighted by atomic mass is 32.2. The van der Waals surface area contributed by atoms with Crippen molar-refractivity contribution < 1.29 is 4.52 Å². The maximum absolute atomic E-state index is 5.38. The standard InChI is InChI=1S/C18H23N5OS/c1-6-23-12(2)20-21-17(23)25-11-15-19-16(22-24-15)13-7-9-14(10-8-13)18(3,4)5/h7-10H,6,11H2,1-5H3. The Morgan fingerprint density at radius 3 is 2.48 bits per heavy atom.